The van der Waals surface area contributed by atoms with Crippen LogP contribution in [-0.4, -0.2) is 13.1 Å². The van der Waals surface area contributed by atoms with Crippen molar-refractivity contribution in [2.75, 3.05) is 18.0 Å². The predicted molar refractivity (Wildman–Crippen MR) is 94.9 cm³/mol. The molecule has 0 fully saturated rings. The first kappa shape index (κ1) is 18.0. The van der Waals surface area contributed by atoms with Gasteiger partial charge in [-0.1, -0.05) is 49.7 Å². The van der Waals surface area contributed by atoms with Gasteiger partial charge >= 0.3 is 0 Å². The van der Waals surface area contributed by atoms with Crippen LogP contribution in [0.15, 0.2) is 18.2 Å². The lowest BCUT2D eigenvalue weighted by Gasteiger charge is -2.27. The summed E-state index contributed by atoms with van der Waals surface area (Å²) in [6.45, 7) is 11.0. The van der Waals surface area contributed by atoms with E-state index in [1.807, 2.05) is 6.07 Å². The molecule has 3 heteroatoms. The summed E-state index contributed by atoms with van der Waals surface area (Å²) in [6.07, 6.45) is 2.31. The summed E-state index contributed by atoms with van der Waals surface area (Å²) < 4.78 is 0. The van der Waals surface area contributed by atoms with Crippen molar-refractivity contribution in [3.63, 3.8) is 0 Å². The van der Waals surface area contributed by atoms with E-state index >= 15 is 0 Å². The Labute approximate surface area is 138 Å². The molecule has 1 rings (SSSR count). The van der Waals surface area contributed by atoms with Crippen molar-refractivity contribution in [3.05, 3.63) is 29.3 Å². The third-order valence-corrected chi connectivity index (χ3v) is 4.28. The number of benzene rings is 1. The summed E-state index contributed by atoms with van der Waals surface area (Å²) in [5.74, 6) is 1.36. The first-order chi connectivity index (χ1) is 9.97. The van der Waals surface area contributed by atoms with Gasteiger partial charge in [0.2, 0.25) is 0 Å². The van der Waals surface area contributed by atoms with E-state index in [2.05, 4.69) is 66.7 Å². The highest BCUT2D eigenvalue weighted by Gasteiger charge is 2.13. The van der Waals surface area contributed by atoms with Gasteiger partial charge in [0.25, 0.3) is 0 Å². The number of rotatable bonds is 8. The zero-order valence-corrected chi connectivity index (χ0v) is 15.3. The average Bonchev–Trinajstić information content (AvgIpc) is 2.46. The minimum atomic E-state index is 0.680. The summed E-state index contributed by atoms with van der Waals surface area (Å²) >= 11 is 3.46. The molecule has 0 unspecified atom stereocenters. The molecule has 0 radical (unpaired) electrons. The van der Waals surface area contributed by atoms with E-state index in [4.69, 9.17) is 0 Å². The molecule has 0 heterocycles. The Morgan fingerprint density at radius 1 is 1.10 bits per heavy atom. The Hall–Kier alpha value is -1.01. The fourth-order valence-corrected chi connectivity index (χ4v) is 2.56. The average molecular weight is 351 g/mol. The van der Waals surface area contributed by atoms with Crippen molar-refractivity contribution >= 4 is 21.6 Å². The molecule has 1 aromatic rings. The molecule has 0 aromatic heterocycles. The Morgan fingerprint density at radius 3 is 2.10 bits per heavy atom. The number of nitriles is 1. The molecule has 0 spiro atoms. The van der Waals surface area contributed by atoms with Crippen LogP contribution in [0.1, 0.15) is 51.7 Å². The quantitative estimate of drug-likeness (QED) is 0.590. The zero-order valence-electron chi connectivity index (χ0n) is 13.7. The number of anilines is 1. The highest BCUT2D eigenvalue weighted by molar-refractivity contribution is 9.08. The van der Waals surface area contributed by atoms with Gasteiger partial charge in [-0.05, 0) is 42.4 Å². The van der Waals surface area contributed by atoms with Crippen LogP contribution in [0.3, 0.4) is 0 Å². The molecule has 1 aromatic carbocycles. The van der Waals surface area contributed by atoms with E-state index in [9.17, 15) is 5.26 Å². The van der Waals surface area contributed by atoms with E-state index in [-0.39, 0.29) is 0 Å². The first-order valence-corrected chi connectivity index (χ1v) is 8.94. The molecule has 21 heavy (non-hydrogen) atoms. The fraction of sp³-hybridized carbons (Fsp3) is 0.611. The minimum absolute atomic E-state index is 0.680. The van der Waals surface area contributed by atoms with Crippen molar-refractivity contribution in [2.24, 2.45) is 11.8 Å². The Morgan fingerprint density at radius 2 is 1.67 bits per heavy atom. The highest BCUT2D eigenvalue weighted by atomic mass is 79.9. The van der Waals surface area contributed by atoms with E-state index < -0.39 is 0 Å². The third-order valence-electron chi connectivity index (χ3n) is 3.63. The SMILES string of the molecule is CC(C)CCN(CCC(C)C)c1ccc(CBr)cc1C#N. The molecule has 0 atom stereocenters. The molecule has 0 aliphatic carbocycles. The van der Waals surface area contributed by atoms with Crippen LogP contribution in [0.4, 0.5) is 5.69 Å². The highest BCUT2D eigenvalue weighted by Crippen LogP contribution is 2.24. The first-order valence-electron chi connectivity index (χ1n) is 7.81. The Balaban J connectivity index is 2.97. The molecular weight excluding hydrogens is 324 g/mol. The summed E-state index contributed by atoms with van der Waals surface area (Å²) in [5.41, 5.74) is 3.03. The summed E-state index contributed by atoms with van der Waals surface area (Å²) in [7, 11) is 0. The van der Waals surface area contributed by atoms with Gasteiger partial charge < -0.3 is 4.90 Å². The molecular formula is C18H27BrN2. The molecule has 0 amide bonds. The Kier molecular flexibility index (Phi) is 7.82. The van der Waals surface area contributed by atoms with Gasteiger partial charge in [0.05, 0.1) is 11.3 Å². The maximum absolute atomic E-state index is 9.45. The smallest absolute Gasteiger partial charge is 0.101 e. The second-order valence-corrected chi connectivity index (χ2v) is 7.01. The van der Waals surface area contributed by atoms with E-state index in [1.54, 1.807) is 0 Å². The lowest BCUT2D eigenvalue weighted by molar-refractivity contribution is 0.535. The van der Waals surface area contributed by atoms with Gasteiger partial charge in [-0.2, -0.15) is 5.26 Å². The van der Waals surface area contributed by atoms with Crippen molar-refractivity contribution in [2.45, 2.75) is 45.9 Å². The Bertz CT molecular complexity index is 463. The molecule has 0 aliphatic heterocycles. The van der Waals surface area contributed by atoms with Gasteiger partial charge in [0.15, 0.2) is 0 Å². The molecule has 0 saturated heterocycles. The van der Waals surface area contributed by atoms with Gasteiger partial charge in [-0.15, -0.1) is 0 Å². The third kappa shape index (κ3) is 6.09. The number of hydrogen-bond acceptors (Lipinski definition) is 2. The second kappa shape index (κ2) is 9.10. The predicted octanol–water partition coefficient (Wildman–Crippen LogP) is 5.35. The maximum Gasteiger partial charge on any atom is 0.101 e. The number of halogens is 1. The summed E-state index contributed by atoms with van der Waals surface area (Å²) in [5, 5.41) is 10.2. The fourth-order valence-electron chi connectivity index (χ4n) is 2.21. The lowest BCUT2D eigenvalue weighted by atomic mass is 10.1. The van der Waals surface area contributed by atoms with Gasteiger partial charge in [0, 0.05) is 18.4 Å². The zero-order chi connectivity index (χ0) is 15.8. The standard InChI is InChI=1S/C18H27BrN2/c1-14(2)7-9-21(10-8-15(3)4)18-6-5-16(12-19)11-17(18)13-20/h5-6,11,14-15H,7-10,12H2,1-4H3. The van der Waals surface area contributed by atoms with E-state index in [1.165, 1.54) is 0 Å². The van der Waals surface area contributed by atoms with Crippen LogP contribution in [0, 0.1) is 23.2 Å². The molecule has 2 nitrogen and oxygen atoms in total. The monoisotopic (exact) mass is 350 g/mol. The largest absolute Gasteiger partial charge is 0.370 e. The molecule has 0 saturated carbocycles. The number of hydrogen-bond donors (Lipinski definition) is 0. The van der Waals surface area contributed by atoms with Crippen LogP contribution in [0.5, 0.6) is 0 Å². The minimum Gasteiger partial charge on any atom is -0.370 e. The van der Waals surface area contributed by atoms with Crippen LogP contribution in [-0.2, 0) is 5.33 Å². The number of alkyl halides is 1. The van der Waals surface area contributed by atoms with Crippen LogP contribution in [0.2, 0.25) is 0 Å². The molecule has 116 valence electrons. The van der Waals surface area contributed by atoms with Gasteiger partial charge in [-0.25, -0.2) is 0 Å². The van der Waals surface area contributed by atoms with Crippen molar-refractivity contribution in [3.8, 4) is 6.07 Å². The molecule has 0 bridgehead atoms. The second-order valence-electron chi connectivity index (χ2n) is 6.45. The molecule has 0 aliphatic rings. The van der Waals surface area contributed by atoms with Crippen molar-refractivity contribution in [1.29, 1.82) is 5.26 Å². The van der Waals surface area contributed by atoms with E-state index in [0.717, 1.165) is 48.1 Å². The normalized spacial score (nSPS) is 11.0. The lowest BCUT2D eigenvalue weighted by Crippen LogP contribution is -2.28. The topological polar surface area (TPSA) is 27.0 Å². The van der Waals surface area contributed by atoms with E-state index in [0.29, 0.717) is 11.8 Å². The van der Waals surface area contributed by atoms with Crippen molar-refractivity contribution in [1.82, 2.24) is 0 Å². The van der Waals surface area contributed by atoms with Gasteiger partial charge in [-0.3, -0.25) is 0 Å². The van der Waals surface area contributed by atoms with Gasteiger partial charge in [0.1, 0.15) is 6.07 Å². The number of nitrogens with zero attached hydrogens (tertiary/aromatic N) is 2. The maximum atomic E-state index is 9.45. The van der Waals surface area contributed by atoms with Crippen LogP contribution in [0.25, 0.3) is 0 Å². The van der Waals surface area contributed by atoms with Crippen molar-refractivity contribution < 1.29 is 0 Å². The summed E-state index contributed by atoms with van der Waals surface area (Å²) in [4.78, 5) is 2.39. The summed E-state index contributed by atoms with van der Waals surface area (Å²) in [6, 6.07) is 8.59. The van der Waals surface area contributed by atoms with Crippen LogP contribution >= 0.6 is 15.9 Å². The molecule has 0 N–H and O–H groups in total. The van der Waals surface area contributed by atoms with Crippen LogP contribution < -0.4 is 4.90 Å².